The van der Waals surface area contributed by atoms with Crippen LogP contribution < -0.4 is 5.32 Å². The van der Waals surface area contributed by atoms with Crippen LogP contribution in [0.2, 0.25) is 0 Å². The van der Waals surface area contributed by atoms with E-state index < -0.39 is 11.6 Å². The van der Waals surface area contributed by atoms with Gasteiger partial charge >= 0.3 is 6.18 Å². The van der Waals surface area contributed by atoms with E-state index in [0.717, 1.165) is 33.8 Å². The first kappa shape index (κ1) is 22.7. The highest BCUT2D eigenvalue weighted by molar-refractivity contribution is 5.71. The Hall–Kier alpha value is -3.76. The number of nitrogens with zero attached hydrogens (tertiary/aromatic N) is 7. The van der Waals surface area contributed by atoms with Crippen molar-refractivity contribution < 1.29 is 13.2 Å². The maximum absolute atomic E-state index is 14.1. The summed E-state index contributed by atoms with van der Waals surface area (Å²) in [5.74, 6) is 0.973. The molecule has 6 rings (SSSR count). The van der Waals surface area contributed by atoms with E-state index in [1.165, 1.54) is 0 Å². The van der Waals surface area contributed by atoms with Crippen LogP contribution in [-0.4, -0.2) is 40.5 Å². The average molecular weight is 495 g/mol. The fourth-order valence-electron chi connectivity index (χ4n) is 5.16. The molecule has 0 radical (unpaired) electrons. The molecule has 36 heavy (non-hydrogen) atoms. The van der Waals surface area contributed by atoms with Gasteiger partial charge in [0, 0.05) is 49.1 Å². The fourth-order valence-corrected chi connectivity index (χ4v) is 5.16. The molecule has 4 aromatic rings. The summed E-state index contributed by atoms with van der Waals surface area (Å²) < 4.78 is 45.9. The minimum absolute atomic E-state index is 0.0462. The molecule has 0 saturated heterocycles. The van der Waals surface area contributed by atoms with Crippen molar-refractivity contribution in [3.63, 3.8) is 0 Å². The molecular weight excluding hydrogens is 469 g/mol. The monoisotopic (exact) mass is 494 g/mol. The topological polar surface area (TPSA) is 86.3 Å². The van der Waals surface area contributed by atoms with Gasteiger partial charge in [-0.3, -0.25) is 4.98 Å². The van der Waals surface area contributed by atoms with Crippen LogP contribution in [0.1, 0.15) is 42.6 Å². The van der Waals surface area contributed by atoms with Crippen LogP contribution in [0.3, 0.4) is 0 Å². The van der Waals surface area contributed by atoms with Crippen molar-refractivity contribution in [2.24, 2.45) is 0 Å². The predicted molar refractivity (Wildman–Crippen MR) is 128 cm³/mol. The van der Waals surface area contributed by atoms with E-state index in [2.05, 4.69) is 25.5 Å². The predicted octanol–water partition coefficient (Wildman–Crippen LogP) is 5.35. The number of nitrogens with one attached hydrogen (secondary N) is 1. The molecule has 186 valence electrons. The third-order valence-electron chi connectivity index (χ3n) is 7.35. The van der Waals surface area contributed by atoms with Crippen LogP contribution >= 0.6 is 0 Å². The van der Waals surface area contributed by atoms with Gasteiger partial charge in [-0.1, -0.05) is 6.42 Å². The number of rotatable bonds is 4. The Bertz CT molecular complexity index is 1450. The number of halogens is 3. The van der Waals surface area contributed by atoms with Crippen LogP contribution in [0.5, 0.6) is 0 Å². The van der Waals surface area contributed by atoms with Crippen molar-refractivity contribution in [1.29, 1.82) is 0 Å². The van der Waals surface area contributed by atoms with Crippen molar-refractivity contribution >= 4 is 11.6 Å². The maximum atomic E-state index is 14.1. The Morgan fingerprint density at radius 2 is 1.86 bits per heavy atom. The average Bonchev–Trinajstić information content (AvgIpc) is 3.36. The smallest absolute Gasteiger partial charge is 0.344 e. The summed E-state index contributed by atoms with van der Waals surface area (Å²) in [6.45, 7) is 5.01. The Balaban J connectivity index is 1.39. The number of fused-ring (bicyclic) bond motifs is 3. The molecule has 0 spiro atoms. The molecule has 5 heterocycles. The summed E-state index contributed by atoms with van der Waals surface area (Å²) in [5, 5.41) is 11.6. The van der Waals surface area contributed by atoms with E-state index in [9.17, 15) is 13.2 Å². The van der Waals surface area contributed by atoms with Crippen molar-refractivity contribution in [2.45, 2.75) is 64.2 Å². The second-order valence-electron chi connectivity index (χ2n) is 9.63. The van der Waals surface area contributed by atoms with Gasteiger partial charge in [0.15, 0.2) is 5.82 Å². The van der Waals surface area contributed by atoms with Gasteiger partial charge in [-0.05, 0) is 56.4 Å². The van der Waals surface area contributed by atoms with Crippen LogP contribution in [0.15, 0.2) is 36.9 Å². The molecule has 2 aliphatic rings. The Labute approximate surface area is 205 Å². The van der Waals surface area contributed by atoms with Gasteiger partial charge in [-0.2, -0.15) is 13.2 Å². The molecule has 11 heteroatoms. The highest BCUT2D eigenvalue weighted by atomic mass is 19.4. The molecule has 0 aromatic carbocycles. The quantitative estimate of drug-likeness (QED) is 0.412. The second kappa shape index (κ2) is 8.14. The third kappa shape index (κ3) is 3.48. The zero-order valence-electron chi connectivity index (χ0n) is 20.0. The third-order valence-corrected chi connectivity index (χ3v) is 7.35. The van der Waals surface area contributed by atoms with E-state index in [-0.39, 0.29) is 18.7 Å². The summed E-state index contributed by atoms with van der Waals surface area (Å²) >= 11 is 0. The Kier molecular flexibility index (Phi) is 5.13. The lowest BCUT2D eigenvalue weighted by molar-refractivity contribution is -0.216. The lowest BCUT2D eigenvalue weighted by Gasteiger charge is -2.42. The summed E-state index contributed by atoms with van der Waals surface area (Å²) in [6, 6.07) is 3.80. The molecule has 0 bridgehead atoms. The first-order valence-electron chi connectivity index (χ1n) is 12.0. The van der Waals surface area contributed by atoms with Crippen LogP contribution in [0.4, 0.5) is 24.8 Å². The molecule has 1 saturated carbocycles. The van der Waals surface area contributed by atoms with E-state index in [1.807, 2.05) is 36.7 Å². The van der Waals surface area contributed by atoms with Crippen LogP contribution in [0, 0.1) is 13.8 Å². The van der Waals surface area contributed by atoms with Gasteiger partial charge in [0.25, 0.3) is 0 Å². The number of aryl methyl sites for hydroxylation is 3. The van der Waals surface area contributed by atoms with Gasteiger partial charge < -0.3 is 14.5 Å². The number of hydrogen-bond acceptors (Lipinski definition) is 6. The standard InChI is InChI=1S/C25H25F3N8/c1-15-12-29-8-5-18(15)31-23-30-13-16(2)20(32-23)17-11-19-21-33-34-22(24(6-3-7-24)25(26,27)28)36(21)10-4-9-35(19)14-17/h5,8,11-14H,3-4,6-7,9-10H2,1-2H3,(H,29,30,31,32). The van der Waals surface area contributed by atoms with E-state index >= 15 is 0 Å². The highest BCUT2D eigenvalue weighted by Gasteiger charge is 2.62. The number of alkyl halides is 3. The van der Waals surface area contributed by atoms with Gasteiger partial charge in [-0.25, -0.2) is 9.97 Å². The second-order valence-corrected chi connectivity index (χ2v) is 9.63. The molecular formula is C25H25F3N8. The Morgan fingerprint density at radius 3 is 2.58 bits per heavy atom. The number of anilines is 2. The summed E-state index contributed by atoms with van der Waals surface area (Å²) in [7, 11) is 0. The summed E-state index contributed by atoms with van der Waals surface area (Å²) in [4.78, 5) is 13.3. The van der Waals surface area contributed by atoms with Crippen molar-refractivity contribution in [3.05, 3.63) is 53.9 Å². The molecule has 4 aromatic heterocycles. The normalized spacial score (nSPS) is 16.6. The van der Waals surface area contributed by atoms with Gasteiger partial charge in [0.2, 0.25) is 5.95 Å². The zero-order valence-corrected chi connectivity index (χ0v) is 20.0. The maximum Gasteiger partial charge on any atom is 0.401 e. The number of aromatic nitrogens is 7. The SMILES string of the molecule is Cc1cnccc1Nc1ncc(C)c(-c2cc3n(c2)CCCn2c-3nnc2C2(C(F)(F)F)CCC2)n1. The molecule has 1 N–H and O–H groups in total. The Morgan fingerprint density at radius 1 is 1.03 bits per heavy atom. The molecule has 0 amide bonds. The summed E-state index contributed by atoms with van der Waals surface area (Å²) in [5.41, 5.74) is 3.18. The van der Waals surface area contributed by atoms with Gasteiger partial charge in [0.1, 0.15) is 11.2 Å². The first-order chi connectivity index (χ1) is 17.3. The molecule has 0 unspecified atom stereocenters. The number of pyridine rings is 1. The highest BCUT2D eigenvalue weighted by Crippen LogP contribution is 2.54. The van der Waals surface area contributed by atoms with Crippen molar-refractivity contribution in [3.8, 4) is 22.8 Å². The first-order valence-corrected chi connectivity index (χ1v) is 12.0. The van der Waals surface area contributed by atoms with E-state index in [0.29, 0.717) is 37.7 Å². The van der Waals surface area contributed by atoms with Crippen LogP contribution in [-0.2, 0) is 18.5 Å². The van der Waals surface area contributed by atoms with E-state index in [4.69, 9.17) is 4.98 Å². The number of hydrogen-bond donors (Lipinski definition) is 1. The van der Waals surface area contributed by atoms with Crippen molar-refractivity contribution in [2.75, 3.05) is 5.32 Å². The molecule has 1 fully saturated rings. The largest absolute Gasteiger partial charge is 0.401 e. The minimum atomic E-state index is -4.34. The lowest BCUT2D eigenvalue weighted by atomic mass is 9.67. The zero-order chi connectivity index (χ0) is 25.1. The van der Waals surface area contributed by atoms with Gasteiger partial charge in [0.05, 0.1) is 11.4 Å². The lowest BCUT2D eigenvalue weighted by Crippen LogP contribution is -2.49. The summed E-state index contributed by atoms with van der Waals surface area (Å²) in [6.07, 6.45) is 4.22. The van der Waals surface area contributed by atoms with Crippen molar-refractivity contribution in [1.82, 2.24) is 34.3 Å². The molecule has 8 nitrogen and oxygen atoms in total. The minimum Gasteiger partial charge on any atom is -0.344 e. The van der Waals surface area contributed by atoms with E-state index in [1.54, 1.807) is 23.2 Å². The van der Waals surface area contributed by atoms with Gasteiger partial charge in [-0.15, -0.1) is 10.2 Å². The van der Waals surface area contributed by atoms with Crippen LogP contribution in [0.25, 0.3) is 22.8 Å². The molecule has 1 aliphatic carbocycles. The molecule has 1 aliphatic heterocycles. The fraction of sp³-hybridized carbons (Fsp3) is 0.400. The molecule has 0 atom stereocenters.